The van der Waals surface area contributed by atoms with Crippen LogP contribution in [-0.4, -0.2) is 41.8 Å². The van der Waals surface area contributed by atoms with Crippen molar-refractivity contribution in [1.82, 2.24) is 15.2 Å². The lowest BCUT2D eigenvalue weighted by Gasteiger charge is -2.21. The number of halogens is 1. The van der Waals surface area contributed by atoms with Gasteiger partial charge in [-0.2, -0.15) is 0 Å². The van der Waals surface area contributed by atoms with E-state index in [0.29, 0.717) is 10.7 Å². The van der Waals surface area contributed by atoms with Crippen LogP contribution in [0.5, 0.6) is 0 Å². The van der Waals surface area contributed by atoms with Gasteiger partial charge in [-0.1, -0.05) is 54.4 Å². The molecule has 1 aromatic heterocycles. The van der Waals surface area contributed by atoms with Gasteiger partial charge in [0.2, 0.25) is 5.91 Å². The average molecular weight is 527 g/mol. The molecule has 1 saturated carbocycles. The standard InChI is InChI=1S/C31H31ClN4O2/c1-36(2)19-23-6-3-4-7-25(23)20-10-14-24(15-11-20)33-31(38)26-8-5-9-28(26)35-30(37)22-12-16-27-21(18-22)13-17-29(32)34-27/h3-4,6-7,10-18,26,28H,5,8-9,19H2,1-2H3,(H,33,38)(H,35,37)/t26-,28+/m0/s1. The minimum absolute atomic E-state index is 0.0640. The molecule has 38 heavy (non-hydrogen) atoms. The summed E-state index contributed by atoms with van der Waals surface area (Å²) >= 11 is 5.97. The van der Waals surface area contributed by atoms with E-state index in [-0.39, 0.29) is 23.8 Å². The second-order valence-corrected chi connectivity index (χ2v) is 10.5. The van der Waals surface area contributed by atoms with Gasteiger partial charge in [-0.3, -0.25) is 9.59 Å². The topological polar surface area (TPSA) is 74.3 Å². The van der Waals surface area contributed by atoms with Crippen LogP contribution in [-0.2, 0) is 11.3 Å². The van der Waals surface area contributed by atoms with Gasteiger partial charge in [-0.05, 0) is 86.1 Å². The lowest BCUT2D eigenvalue weighted by Crippen LogP contribution is -2.41. The number of anilines is 1. The van der Waals surface area contributed by atoms with Crippen LogP contribution in [0.15, 0.2) is 78.9 Å². The van der Waals surface area contributed by atoms with E-state index in [4.69, 9.17) is 11.6 Å². The van der Waals surface area contributed by atoms with Crippen LogP contribution in [0.1, 0.15) is 35.2 Å². The molecule has 5 rings (SSSR count). The molecule has 0 unspecified atom stereocenters. The number of nitrogens with zero attached hydrogens (tertiary/aromatic N) is 2. The molecule has 2 atom stereocenters. The zero-order valence-electron chi connectivity index (χ0n) is 21.6. The lowest BCUT2D eigenvalue weighted by molar-refractivity contribution is -0.120. The quantitative estimate of drug-likeness (QED) is 0.283. The summed E-state index contributed by atoms with van der Waals surface area (Å²) in [7, 11) is 4.12. The molecule has 1 fully saturated rings. The number of carbonyl (C=O) groups excluding carboxylic acids is 2. The van der Waals surface area contributed by atoms with Gasteiger partial charge in [-0.15, -0.1) is 0 Å². The SMILES string of the molecule is CN(C)Cc1ccccc1-c1ccc(NC(=O)[C@H]2CCC[C@H]2NC(=O)c2ccc3nc(Cl)ccc3c2)cc1. The highest BCUT2D eigenvalue weighted by molar-refractivity contribution is 6.29. The van der Waals surface area contributed by atoms with Crippen molar-refractivity contribution in [2.45, 2.75) is 31.8 Å². The maximum Gasteiger partial charge on any atom is 0.251 e. The largest absolute Gasteiger partial charge is 0.349 e. The summed E-state index contributed by atoms with van der Waals surface area (Å²) in [6.45, 7) is 0.855. The third-order valence-electron chi connectivity index (χ3n) is 7.05. The molecule has 1 aliphatic rings. The highest BCUT2D eigenvalue weighted by atomic mass is 35.5. The Morgan fingerprint density at radius 1 is 0.974 bits per heavy atom. The van der Waals surface area contributed by atoms with Crippen LogP contribution < -0.4 is 10.6 Å². The summed E-state index contributed by atoms with van der Waals surface area (Å²) in [6.07, 6.45) is 2.41. The molecule has 1 aliphatic carbocycles. The predicted molar refractivity (Wildman–Crippen MR) is 153 cm³/mol. The number of nitrogens with one attached hydrogen (secondary N) is 2. The summed E-state index contributed by atoms with van der Waals surface area (Å²) < 4.78 is 0. The van der Waals surface area contributed by atoms with Crippen LogP contribution in [0, 0.1) is 5.92 Å². The first-order chi connectivity index (χ1) is 18.4. The number of rotatable bonds is 7. The highest BCUT2D eigenvalue weighted by Gasteiger charge is 2.34. The van der Waals surface area contributed by atoms with Crippen LogP contribution in [0.2, 0.25) is 5.15 Å². The minimum atomic E-state index is -0.277. The fraction of sp³-hybridized carbons (Fsp3) is 0.258. The van der Waals surface area contributed by atoms with Crippen molar-refractivity contribution in [3.63, 3.8) is 0 Å². The second-order valence-electron chi connectivity index (χ2n) is 10.1. The van der Waals surface area contributed by atoms with Gasteiger partial charge in [0.05, 0.1) is 11.4 Å². The van der Waals surface area contributed by atoms with Crippen molar-refractivity contribution >= 4 is 40.0 Å². The Morgan fingerprint density at radius 2 is 1.76 bits per heavy atom. The molecule has 194 valence electrons. The van der Waals surface area contributed by atoms with Gasteiger partial charge in [0.1, 0.15) is 5.15 Å². The van der Waals surface area contributed by atoms with E-state index in [1.807, 2.05) is 36.4 Å². The van der Waals surface area contributed by atoms with Crippen LogP contribution >= 0.6 is 11.6 Å². The summed E-state index contributed by atoms with van der Waals surface area (Å²) in [5.74, 6) is -0.529. The van der Waals surface area contributed by atoms with E-state index in [1.54, 1.807) is 24.3 Å². The normalized spacial score (nSPS) is 17.1. The smallest absolute Gasteiger partial charge is 0.251 e. The zero-order chi connectivity index (χ0) is 26.6. The van der Waals surface area contributed by atoms with Gasteiger partial charge in [0.25, 0.3) is 5.91 Å². The predicted octanol–water partition coefficient (Wildman–Crippen LogP) is 6.15. The number of aromatic nitrogens is 1. The Labute approximate surface area is 228 Å². The highest BCUT2D eigenvalue weighted by Crippen LogP contribution is 2.29. The van der Waals surface area contributed by atoms with Crippen molar-refractivity contribution < 1.29 is 9.59 Å². The third-order valence-corrected chi connectivity index (χ3v) is 7.26. The molecule has 0 aliphatic heterocycles. The first-order valence-electron chi connectivity index (χ1n) is 12.9. The Hall–Kier alpha value is -3.74. The number of amides is 2. The summed E-state index contributed by atoms with van der Waals surface area (Å²) in [5.41, 5.74) is 5.58. The molecule has 0 radical (unpaired) electrons. The molecule has 1 heterocycles. The fourth-order valence-electron chi connectivity index (χ4n) is 5.19. The monoisotopic (exact) mass is 526 g/mol. The average Bonchev–Trinajstić information content (AvgIpc) is 3.37. The Morgan fingerprint density at radius 3 is 2.55 bits per heavy atom. The maximum atomic E-state index is 13.2. The number of benzene rings is 3. The van der Waals surface area contributed by atoms with Crippen molar-refractivity contribution in [1.29, 1.82) is 0 Å². The van der Waals surface area contributed by atoms with Gasteiger partial charge >= 0.3 is 0 Å². The van der Waals surface area contributed by atoms with Crippen molar-refractivity contribution in [2.75, 3.05) is 19.4 Å². The summed E-state index contributed by atoms with van der Waals surface area (Å²) in [5, 5.41) is 7.41. The fourth-order valence-corrected chi connectivity index (χ4v) is 5.34. The van der Waals surface area contributed by atoms with Crippen LogP contribution in [0.25, 0.3) is 22.0 Å². The molecule has 0 spiro atoms. The van der Waals surface area contributed by atoms with E-state index in [0.717, 1.165) is 48.0 Å². The van der Waals surface area contributed by atoms with Crippen LogP contribution in [0.3, 0.4) is 0 Å². The Kier molecular flexibility index (Phi) is 7.72. The molecule has 2 N–H and O–H groups in total. The summed E-state index contributed by atoms with van der Waals surface area (Å²) in [4.78, 5) is 32.6. The molecule has 0 saturated heterocycles. The van der Waals surface area contributed by atoms with Crippen molar-refractivity contribution in [3.8, 4) is 11.1 Å². The number of pyridine rings is 1. The molecule has 6 nitrogen and oxygen atoms in total. The van der Waals surface area contributed by atoms with E-state index < -0.39 is 0 Å². The zero-order valence-corrected chi connectivity index (χ0v) is 22.3. The first kappa shape index (κ1) is 25.9. The minimum Gasteiger partial charge on any atom is -0.349 e. The Bertz CT molecular complexity index is 1470. The van der Waals surface area contributed by atoms with Gasteiger partial charge in [0.15, 0.2) is 0 Å². The third kappa shape index (κ3) is 5.87. The molecule has 0 bridgehead atoms. The van der Waals surface area contributed by atoms with Gasteiger partial charge in [-0.25, -0.2) is 4.98 Å². The molecule has 3 aromatic carbocycles. The van der Waals surface area contributed by atoms with Crippen LogP contribution in [0.4, 0.5) is 5.69 Å². The number of carbonyl (C=O) groups is 2. The van der Waals surface area contributed by atoms with E-state index in [1.165, 1.54) is 11.1 Å². The molecule has 7 heteroatoms. The van der Waals surface area contributed by atoms with Gasteiger partial charge in [0, 0.05) is 29.2 Å². The molecular weight excluding hydrogens is 496 g/mol. The molecular formula is C31H31ClN4O2. The first-order valence-corrected chi connectivity index (χ1v) is 13.3. The summed E-state index contributed by atoms with van der Waals surface area (Å²) in [6, 6.07) is 25.0. The number of hydrogen-bond donors (Lipinski definition) is 2. The van der Waals surface area contributed by atoms with E-state index in [2.05, 4.69) is 52.8 Å². The molecule has 2 amide bonds. The van der Waals surface area contributed by atoms with Gasteiger partial charge < -0.3 is 15.5 Å². The molecule has 4 aromatic rings. The Balaban J connectivity index is 1.24. The maximum absolute atomic E-state index is 13.2. The number of hydrogen-bond acceptors (Lipinski definition) is 4. The second kappa shape index (κ2) is 11.3. The van der Waals surface area contributed by atoms with Crippen molar-refractivity contribution in [3.05, 3.63) is 95.1 Å². The van der Waals surface area contributed by atoms with Crippen molar-refractivity contribution in [2.24, 2.45) is 5.92 Å². The number of fused-ring (bicyclic) bond motifs is 1. The van der Waals surface area contributed by atoms with E-state index >= 15 is 0 Å². The lowest BCUT2D eigenvalue weighted by atomic mass is 9.99. The van der Waals surface area contributed by atoms with E-state index in [9.17, 15) is 9.59 Å².